The molecule has 0 saturated heterocycles. The van der Waals surface area contributed by atoms with E-state index in [1.165, 1.54) is 17.0 Å². The fourth-order valence-corrected chi connectivity index (χ4v) is 2.63. The van der Waals surface area contributed by atoms with E-state index in [2.05, 4.69) is 0 Å². The van der Waals surface area contributed by atoms with Gasteiger partial charge in [0.05, 0.1) is 17.7 Å². The predicted molar refractivity (Wildman–Crippen MR) is 83.4 cm³/mol. The number of carboxylic acid groups (broad SMARTS) is 1. The van der Waals surface area contributed by atoms with E-state index in [1.54, 1.807) is 13.0 Å². The van der Waals surface area contributed by atoms with Gasteiger partial charge in [0.1, 0.15) is 0 Å². The highest BCUT2D eigenvalue weighted by Gasteiger charge is 2.34. The summed E-state index contributed by atoms with van der Waals surface area (Å²) in [7, 11) is 0. The molecule has 0 spiro atoms. The summed E-state index contributed by atoms with van der Waals surface area (Å²) in [6.45, 7) is 2.07. The van der Waals surface area contributed by atoms with Gasteiger partial charge in [0, 0.05) is 13.1 Å². The van der Waals surface area contributed by atoms with Gasteiger partial charge >= 0.3 is 18.2 Å². The first-order chi connectivity index (χ1) is 11.7. The molecule has 5 nitrogen and oxygen atoms in total. The predicted octanol–water partition coefficient (Wildman–Crippen LogP) is 3.73. The molecule has 0 unspecified atom stereocenters. The Morgan fingerprint density at radius 2 is 2.04 bits per heavy atom. The van der Waals surface area contributed by atoms with Crippen molar-refractivity contribution in [3.05, 3.63) is 46.5 Å². The van der Waals surface area contributed by atoms with Gasteiger partial charge < -0.3 is 14.7 Å². The molecule has 0 aromatic heterocycles. The lowest BCUT2D eigenvalue weighted by molar-refractivity contribution is -0.138. The Labute approximate surface area is 142 Å². The van der Waals surface area contributed by atoms with Gasteiger partial charge in [-0.1, -0.05) is 17.7 Å². The third-order valence-electron chi connectivity index (χ3n) is 3.92. The SMILES string of the molecule is CCOC(=O)c1ccc(CC2=CCN(C(=O)O)CC2)c(C(F)(F)F)c1. The van der Waals surface area contributed by atoms with Gasteiger partial charge in [0.2, 0.25) is 0 Å². The lowest BCUT2D eigenvalue weighted by Gasteiger charge is -2.24. The van der Waals surface area contributed by atoms with E-state index in [4.69, 9.17) is 9.84 Å². The van der Waals surface area contributed by atoms with Crippen molar-refractivity contribution in [3.8, 4) is 0 Å². The second-order valence-corrected chi connectivity index (χ2v) is 5.61. The number of alkyl halides is 3. The van der Waals surface area contributed by atoms with Crippen molar-refractivity contribution < 1.29 is 32.6 Å². The highest BCUT2D eigenvalue weighted by atomic mass is 19.4. The Balaban J connectivity index is 2.26. The third-order valence-corrected chi connectivity index (χ3v) is 3.92. The highest BCUT2D eigenvalue weighted by molar-refractivity contribution is 5.89. The van der Waals surface area contributed by atoms with Gasteiger partial charge in [-0.25, -0.2) is 9.59 Å². The zero-order chi connectivity index (χ0) is 18.6. The number of nitrogens with zero attached hydrogens (tertiary/aromatic N) is 1. The number of benzene rings is 1. The van der Waals surface area contributed by atoms with Gasteiger partial charge in [0.25, 0.3) is 0 Å². The molecule has 1 aliphatic heterocycles. The van der Waals surface area contributed by atoms with Crippen LogP contribution in [-0.2, 0) is 17.3 Å². The smallest absolute Gasteiger partial charge is 0.416 e. The van der Waals surface area contributed by atoms with E-state index in [-0.39, 0.29) is 37.2 Å². The minimum atomic E-state index is -4.60. The van der Waals surface area contributed by atoms with E-state index in [9.17, 15) is 22.8 Å². The van der Waals surface area contributed by atoms with Crippen molar-refractivity contribution in [1.82, 2.24) is 4.90 Å². The number of carbonyl (C=O) groups excluding carboxylic acids is 1. The van der Waals surface area contributed by atoms with Crippen LogP contribution >= 0.6 is 0 Å². The van der Waals surface area contributed by atoms with Crippen LogP contribution in [0.4, 0.5) is 18.0 Å². The summed E-state index contributed by atoms with van der Waals surface area (Å²) in [6, 6.07) is 3.40. The maximum Gasteiger partial charge on any atom is 0.416 e. The molecule has 0 radical (unpaired) electrons. The summed E-state index contributed by atoms with van der Waals surface area (Å²) >= 11 is 0. The van der Waals surface area contributed by atoms with Gasteiger partial charge in [-0.2, -0.15) is 13.2 Å². The van der Waals surface area contributed by atoms with E-state index in [0.717, 1.165) is 11.6 Å². The number of hydrogen-bond acceptors (Lipinski definition) is 3. The van der Waals surface area contributed by atoms with E-state index in [1.807, 2.05) is 0 Å². The fraction of sp³-hybridized carbons (Fsp3) is 0.412. The maximum atomic E-state index is 13.3. The minimum absolute atomic E-state index is 0.0515. The van der Waals surface area contributed by atoms with E-state index < -0.39 is 23.8 Å². The van der Waals surface area contributed by atoms with Crippen LogP contribution in [-0.4, -0.2) is 41.8 Å². The Bertz CT molecular complexity index is 698. The molecule has 1 heterocycles. The van der Waals surface area contributed by atoms with E-state index >= 15 is 0 Å². The summed E-state index contributed by atoms with van der Waals surface area (Å²) in [5.41, 5.74) is -0.227. The number of ether oxygens (including phenoxy) is 1. The number of halogens is 3. The number of esters is 1. The number of carbonyl (C=O) groups is 2. The molecule has 25 heavy (non-hydrogen) atoms. The maximum absolute atomic E-state index is 13.3. The third kappa shape index (κ3) is 4.74. The molecule has 1 amide bonds. The monoisotopic (exact) mass is 357 g/mol. The topological polar surface area (TPSA) is 66.8 Å². The Kier molecular flexibility index (Phi) is 5.71. The van der Waals surface area contributed by atoms with Crippen LogP contribution in [0.15, 0.2) is 29.8 Å². The molecule has 0 saturated carbocycles. The molecule has 1 N–H and O–H groups in total. The molecule has 1 aliphatic rings. The average Bonchev–Trinajstić information content (AvgIpc) is 2.55. The number of rotatable bonds is 4. The second-order valence-electron chi connectivity index (χ2n) is 5.61. The van der Waals surface area contributed by atoms with Crippen molar-refractivity contribution in [1.29, 1.82) is 0 Å². The molecular weight excluding hydrogens is 339 g/mol. The highest BCUT2D eigenvalue weighted by Crippen LogP contribution is 2.34. The summed E-state index contributed by atoms with van der Waals surface area (Å²) in [5.74, 6) is -0.798. The fourth-order valence-electron chi connectivity index (χ4n) is 2.63. The minimum Gasteiger partial charge on any atom is -0.465 e. The summed E-state index contributed by atoms with van der Waals surface area (Å²) < 4.78 is 44.8. The molecule has 0 atom stereocenters. The lowest BCUT2D eigenvalue weighted by atomic mass is 9.94. The largest absolute Gasteiger partial charge is 0.465 e. The standard InChI is InChI=1S/C17H18F3NO4/c1-2-25-15(22)13-4-3-12(14(10-13)17(18,19)20)9-11-5-7-21(8-6-11)16(23)24/h3-5,10H,2,6-9H2,1H3,(H,23,24). The van der Waals surface area contributed by atoms with Crippen molar-refractivity contribution in [3.63, 3.8) is 0 Å². The number of amides is 1. The van der Waals surface area contributed by atoms with Crippen LogP contribution in [0.5, 0.6) is 0 Å². The van der Waals surface area contributed by atoms with Gasteiger partial charge in [-0.15, -0.1) is 0 Å². The average molecular weight is 357 g/mol. The van der Waals surface area contributed by atoms with Crippen LogP contribution < -0.4 is 0 Å². The molecule has 0 aliphatic carbocycles. The Morgan fingerprint density at radius 1 is 1.32 bits per heavy atom. The Morgan fingerprint density at radius 3 is 2.56 bits per heavy atom. The molecule has 1 aromatic carbocycles. The summed E-state index contributed by atoms with van der Waals surface area (Å²) in [5, 5.41) is 8.90. The van der Waals surface area contributed by atoms with Crippen molar-refractivity contribution in [2.75, 3.05) is 19.7 Å². The molecule has 136 valence electrons. The zero-order valence-electron chi connectivity index (χ0n) is 13.6. The van der Waals surface area contributed by atoms with Crippen LogP contribution in [0.3, 0.4) is 0 Å². The second kappa shape index (κ2) is 7.58. The van der Waals surface area contributed by atoms with Gasteiger partial charge in [-0.3, -0.25) is 0 Å². The molecule has 0 bridgehead atoms. The van der Waals surface area contributed by atoms with Crippen molar-refractivity contribution in [2.45, 2.75) is 25.9 Å². The lowest BCUT2D eigenvalue weighted by Crippen LogP contribution is -2.33. The quantitative estimate of drug-likeness (QED) is 0.659. The summed E-state index contributed by atoms with van der Waals surface area (Å²) in [4.78, 5) is 23.7. The van der Waals surface area contributed by atoms with Crippen molar-refractivity contribution in [2.24, 2.45) is 0 Å². The Hall–Kier alpha value is -2.51. The van der Waals surface area contributed by atoms with Gasteiger partial charge in [0.15, 0.2) is 0 Å². The molecule has 8 heteroatoms. The van der Waals surface area contributed by atoms with E-state index in [0.29, 0.717) is 6.42 Å². The van der Waals surface area contributed by atoms with Crippen LogP contribution in [0.2, 0.25) is 0 Å². The first kappa shape index (κ1) is 18.8. The molecule has 1 aromatic rings. The normalized spacial score (nSPS) is 14.9. The molecular formula is C17H18F3NO4. The van der Waals surface area contributed by atoms with Crippen LogP contribution in [0, 0.1) is 0 Å². The van der Waals surface area contributed by atoms with Crippen LogP contribution in [0.1, 0.15) is 34.8 Å². The first-order valence-electron chi connectivity index (χ1n) is 7.75. The number of hydrogen-bond donors (Lipinski definition) is 1. The van der Waals surface area contributed by atoms with Crippen molar-refractivity contribution >= 4 is 12.1 Å². The summed E-state index contributed by atoms with van der Waals surface area (Å²) in [6.07, 6.45) is -3.57. The molecule has 0 fully saturated rings. The zero-order valence-corrected chi connectivity index (χ0v) is 13.6. The first-order valence-corrected chi connectivity index (χ1v) is 7.75. The van der Waals surface area contributed by atoms with Gasteiger partial charge in [-0.05, 0) is 37.5 Å². The van der Waals surface area contributed by atoms with Crippen LogP contribution in [0.25, 0.3) is 0 Å². The molecule has 2 rings (SSSR count).